The first-order chi connectivity index (χ1) is 17.3. The van der Waals surface area contributed by atoms with Crippen LogP contribution in [0.4, 0.5) is 5.69 Å². The van der Waals surface area contributed by atoms with Gasteiger partial charge in [-0.25, -0.2) is 4.98 Å². The average Bonchev–Trinajstić information content (AvgIpc) is 3.50. The van der Waals surface area contributed by atoms with Crippen molar-refractivity contribution in [2.45, 2.75) is 6.92 Å². The van der Waals surface area contributed by atoms with Crippen LogP contribution in [0.1, 0.15) is 16.1 Å². The molecule has 1 amide bonds. The summed E-state index contributed by atoms with van der Waals surface area (Å²) in [4.78, 5) is 17.1. The summed E-state index contributed by atoms with van der Waals surface area (Å²) < 4.78 is 11.5. The number of carbonyl (C=O) groups is 1. The predicted molar refractivity (Wildman–Crippen MR) is 144 cm³/mol. The Morgan fingerprint density at radius 2 is 1.81 bits per heavy atom. The van der Waals surface area contributed by atoms with Crippen LogP contribution < -0.4 is 10.6 Å². The van der Waals surface area contributed by atoms with Gasteiger partial charge in [0.1, 0.15) is 17.0 Å². The quantitative estimate of drug-likeness (QED) is 0.164. The van der Waals surface area contributed by atoms with Crippen LogP contribution in [0.3, 0.4) is 0 Å². The van der Waals surface area contributed by atoms with E-state index in [1.807, 2.05) is 18.2 Å². The summed E-state index contributed by atoms with van der Waals surface area (Å²) in [6.45, 7) is 1.74. The molecular formula is C26H17Cl2N3O4S. The van der Waals surface area contributed by atoms with Gasteiger partial charge >= 0.3 is 0 Å². The Kier molecular flexibility index (Phi) is 6.40. The molecule has 0 saturated heterocycles. The lowest BCUT2D eigenvalue weighted by atomic mass is 10.1. The van der Waals surface area contributed by atoms with Gasteiger partial charge in [-0.1, -0.05) is 35.3 Å². The maximum Gasteiger partial charge on any atom is 0.293 e. The van der Waals surface area contributed by atoms with Gasteiger partial charge in [-0.15, -0.1) is 0 Å². The fourth-order valence-corrected chi connectivity index (χ4v) is 4.10. The van der Waals surface area contributed by atoms with E-state index in [0.29, 0.717) is 49.3 Å². The lowest BCUT2D eigenvalue weighted by Gasteiger charge is -2.12. The van der Waals surface area contributed by atoms with E-state index in [1.165, 1.54) is 6.07 Å². The van der Waals surface area contributed by atoms with E-state index in [2.05, 4.69) is 15.6 Å². The lowest BCUT2D eigenvalue weighted by Crippen LogP contribution is -2.33. The van der Waals surface area contributed by atoms with Crippen molar-refractivity contribution in [2.75, 3.05) is 5.32 Å². The van der Waals surface area contributed by atoms with E-state index in [4.69, 9.17) is 44.3 Å². The van der Waals surface area contributed by atoms with Gasteiger partial charge in [-0.2, -0.15) is 0 Å². The number of nitrogens with one attached hydrogen (secondary N) is 2. The molecule has 7 nitrogen and oxygen atoms in total. The van der Waals surface area contributed by atoms with Gasteiger partial charge in [-0.05, 0) is 79.3 Å². The molecule has 36 heavy (non-hydrogen) atoms. The van der Waals surface area contributed by atoms with Gasteiger partial charge in [0.2, 0.25) is 5.89 Å². The Morgan fingerprint density at radius 3 is 2.58 bits per heavy atom. The van der Waals surface area contributed by atoms with Crippen LogP contribution in [0.2, 0.25) is 10.0 Å². The highest BCUT2D eigenvalue weighted by molar-refractivity contribution is 7.80. The number of fused-ring (bicyclic) bond motifs is 1. The van der Waals surface area contributed by atoms with Crippen molar-refractivity contribution < 1.29 is 18.7 Å². The van der Waals surface area contributed by atoms with Crippen molar-refractivity contribution in [3.8, 4) is 28.5 Å². The molecular weight excluding hydrogens is 521 g/mol. The summed E-state index contributed by atoms with van der Waals surface area (Å²) >= 11 is 17.3. The number of phenolic OH excluding ortho intramolecular Hbond substituents is 1. The molecule has 180 valence electrons. The second-order valence-electron chi connectivity index (χ2n) is 7.88. The summed E-state index contributed by atoms with van der Waals surface area (Å²) in [7, 11) is 0. The van der Waals surface area contributed by atoms with Crippen molar-refractivity contribution in [1.82, 2.24) is 10.3 Å². The highest BCUT2D eigenvalue weighted by atomic mass is 35.5. The molecule has 5 aromatic rings. The van der Waals surface area contributed by atoms with E-state index < -0.39 is 5.91 Å². The highest BCUT2D eigenvalue weighted by Gasteiger charge is 2.18. The molecule has 10 heteroatoms. The molecule has 0 saturated carbocycles. The zero-order chi connectivity index (χ0) is 25.4. The third kappa shape index (κ3) is 4.79. The summed E-state index contributed by atoms with van der Waals surface area (Å²) in [5.41, 5.74) is 3.44. The number of benzene rings is 3. The Hall–Kier alpha value is -3.85. The number of anilines is 1. The normalized spacial score (nSPS) is 11.0. The molecule has 5 rings (SSSR count). The number of furan rings is 1. The first-order valence-electron chi connectivity index (χ1n) is 10.7. The molecule has 0 spiro atoms. The molecule has 3 aromatic carbocycles. The van der Waals surface area contributed by atoms with Crippen LogP contribution in [-0.2, 0) is 0 Å². The lowest BCUT2D eigenvalue weighted by molar-refractivity contribution is 0.0951. The number of aromatic hydroxyl groups is 1. The van der Waals surface area contributed by atoms with Crippen molar-refractivity contribution >= 4 is 63.2 Å². The molecule has 0 aliphatic carbocycles. The number of carbonyl (C=O) groups excluding carboxylic acids is 1. The van der Waals surface area contributed by atoms with Crippen molar-refractivity contribution in [3.05, 3.63) is 88.1 Å². The van der Waals surface area contributed by atoms with Crippen LogP contribution in [0.25, 0.3) is 33.9 Å². The molecule has 3 N–H and O–H groups in total. The van der Waals surface area contributed by atoms with Crippen LogP contribution in [0.5, 0.6) is 5.75 Å². The fraction of sp³-hybridized carbons (Fsp3) is 0.0385. The highest BCUT2D eigenvalue weighted by Crippen LogP contribution is 2.36. The number of hydrogen-bond donors (Lipinski definition) is 3. The minimum atomic E-state index is -0.534. The van der Waals surface area contributed by atoms with Crippen LogP contribution in [-0.4, -0.2) is 21.1 Å². The number of oxazole rings is 1. The Bertz CT molecular complexity index is 1610. The van der Waals surface area contributed by atoms with Crippen LogP contribution >= 0.6 is 35.4 Å². The first kappa shape index (κ1) is 23.9. The number of amides is 1. The predicted octanol–water partition coefficient (Wildman–Crippen LogP) is 7.20. The van der Waals surface area contributed by atoms with Crippen molar-refractivity contribution in [3.63, 3.8) is 0 Å². The number of aromatic nitrogens is 1. The van der Waals surface area contributed by atoms with Gasteiger partial charge in [0.15, 0.2) is 16.5 Å². The Balaban J connectivity index is 1.32. The summed E-state index contributed by atoms with van der Waals surface area (Å²) in [6, 6.07) is 18.9. The average molecular weight is 538 g/mol. The fourth-order valence-electron chi connectivity index (χ4n) is 3.59. The molecule has 2 heterocycles. The van der Waals surface area contributed by atoms with E-state index in [0.717, 1.165) is 0 Å². The second-order valence-corrected chi connectivity index (χ2v) is 9.10. The van der Waals surface area contributed by atoms with Gasteiger partial charge in [-0.3, -0.25) is 10.1 Å². The van der Waals surface area contributed by atoms with Crippen molar-refractivity contribution in [2.24, 2.45) is 0 Å². The molecule has 0 aliphatic heterocycles. The van der Waals surface area contributed by atoms with Crippen LogP contribution in [0, 0.1) is 6.92 Å². The molecule has 0 atom stereocenters. The van der Waals surface area contributed by atoms with Gasteiger partial charge < -0.3 is 19.3 Å². The largest absolute Gasteiger partial charge is 0.507 e. The van der Waals surface area contributed by atoms with Gasteiger partial charge in [0, 0.05) is 11.3 Å². The third-order valence-electron chi connectivity index (χ3n) is 5.34. The van der Waals surface area contributed by atoms with Gasteiger partial charge in [0.05, 0.1) is 15.6 Å². The van der Waals surface area contributed by atoms with Gasteiger partial charge in [0.25, 0.3) is 5.91 Å². The SMILES string of the molecule is Cc1cc(NC(=S)NC(=O)c2ccc(-c3ccc(Cl)c(Cl)c3)o2)cc(-c2nc3ccccc3o2)c1O. The Morgan fingerprint density at radius 1 is 1.00 bits per heavy atom. The molecule has 0 aliphatic rings. The number of halogens is 2. The second kappa shape index (κ2) is 9.66. The molecule has 0 unspecified atom stereocenters. The monoisotopic (exact) mass is 537 g/mol. The standard InChI is InChI=1S/C26H17Cl2N3O4S/c1-13-10-15(12-16(23(13)32)25-30-19-4-2-3-5-21(19)35-25)29-26(36)31-24(33)22-9-8-20(34-22)14-6-7-17(27)18(28)11-14/h2-12,32H,1H3,(H2,29,31,33,36). The molecule has 0 bridgehead atoms. The zero-order valence-electron chi connectivity index (χ0n) is 18.6. The summed E-state index contributed by atoms with van der Waals surface area (Å²) in [5, 5.41) is 17.0. The number of thiocarbonyl (C=S) groups is 1. The van der Waals surface area contributed by atoms with Crippen LogP contribution in [0.15, 0.2) is 75.6 Å². The number of para-hydroxylation sites is 2. The van der Waals surface area contributed by atoms with Crippen molar-refractivity contribution in [1.29, 1.82) is 0 Å². The first-order valence-corrected chi connectivity index (χ1v) is 11.8. The number of rotatable bonds is 4. The molecule has 0 fully saturated rings. The van der Waals surface area contributed by atoms with E-state index in [9.17, 15) is 9.90 Å². The number of phenols is 1. The Labute approximate surface area is 220 Å². The summed E-state index contributed by atoms with van der Waals surface area (Å²) in [6.07, 6.45) is 0. The van der Waals surface area contributed by atoms with E-state index >= 15 is 0 Å². The molecule has 0 radical (unpaired) electrons. The minimum Gasteiger partial charge on any atom is -0.507 e. The number of hydrogen-bond acceptors (Lipinski definition) is 6. The topological polar surface area (TPSA) is 101 Å². The molecule has 2 aromatic heterocycles. The number of nitrogens with zero attached hydrogens (tertiary/aromatic N) is 1. The minimum absolute atomic E-state index is 0.0347. The maximum absolute atomic E-state index is 12.7. The zero-order valence-corrected chi connectivity index (χ0v) is 21.0. The smallest absolute Gasteiger partial charge is 0.293 e. The van der Waals surface area contributed by atoms with E-state index in [1.54, 1.807) is 49.4 Å². The number of aryl methyl sites for hydroxylation is 1. The van der Waals surface area contributed by atoms with E-state index in [-0.39, 0.29) is 22.5 Å². The third-order valence-corrected chi connectivity index (χ3v) is 6.29. The maximum atomic E-state index is 12.7. The summed E-state index contributed by atoms with van der Waals surface area (Å²) in [5.74, 6) is 0.283.